The van der Waals surface area contributed by atoms with Gasteiger partial charge in [0.25, 0.3) is 0 Å². The van der Waals surface area contributed by atoms with Gasteiger partial charge in [-0.05, 0) is 36.3 Å². The summed E-state index contributed by atoms with van der Waals surface area (Å²) in [5.41, 5.74) is 0.963. The number of benzene rings is 1. The molecule has 1 N–H and O–H groups in total. The molecule has 1 fully saturated rings. The second-order valence-corrected chi connectivity index (χ2v) is 8.84. The first-order valence-corrected chi connectivity index (χ1v) is 9.72. The predicted octanol–water partition coefficient (Wildman–Crippen LogP) is 3.32. The third kappa shape index (κ3) is 2.88. The van der Waals surface area contributed by atoms with Crippen molar-refractivity contribution in [1.82, 2.24) is 5.32 Å². The topological polar surface area (TPSA) is 46.2 Å². The lowest BCUT2D eigenvalue weighted by atomic mass is 9.77. The average Bonchev–Trinajstić information content (AvgIpc) is 2.71. The number of fused-ring (bicyclic) bond motifs is 1. The lowest BCUT2D eigenvalue weighted by Crippen LogP contribution is -2.43. The van der Waals surface area contributed by atoms with E-state index in [0.717, 1.165) is 5.56 Å². The number of nitrogens with one attached hydrogen (secondary N) is 1. The first-order valence-electron chi connectivity index (χ1n) is 8.07. The summed E-state index contributed by atoms with van der Waals surface area (Å²) in [5.74, 6) is 1.53. The Labute approximate surface area is 128 Å². The zero-order chi connectivity index (χ0) is 15.0. The van der Waals surface area contributed by atoms with E-state index < -0.39 is 9.84 Å². The van der Waals surface area contributed by atoms with Gasteiger partial charge in [-0.15, -0.1) is 0 Å². The van der Waals surface area contributed by atoms with Crippen LogP contribution in [0.1, 0.15) is 51.1 Å². The number of sulfone groups is 1. The molecule has 1 aromatic carbocycles. The van der Waals surface area contributed by atoms with E-state index in [4.69, 9.17) is 0 Å². The molecule has 3 nitrogen and oxygen atoms in total. The second-order valence-electron chi connectivity index (χ2n) is 6.84. The second kappa shape index (κ2) is 5.73. The largest absolute Gasteiger partial charge is 0.306 e. The highest BCUT2D eigenvalue weighted by Gasteiger charge is 2.37. The molecule has 1 aromatic rings. The zero-order valence-electron chi connectivity index (χ0n) is 12.9. The fourth-order valence-electron chi connectivity index (χ4n) is 4.01. The van der Waals surface area contributed by atoms with E-state index in [9.17, 15) is 8.42 Å². The van der Waals surface area contributed by atoms with Crippen LogP contribution in [0.5, 0.6) is 0 Å². The van der Waals surface area contributed by atoms with Crippen LogP contribution in [0.2, 0.25) is 0 Å². The summed E-state index contributed by atoms with van der Waals surface area (Å²) in [4.78, 5) is 0.527. The maximum absolute atomic E-state index is 12.3. The monoisotopic (exact) mass is 307 g/mol. The van der Waals surface area contributed by atoms with Crippen LogP contribution in [-0.4, -0.2) is 20.2 Å². The molecule has 4 heteroatoms. The minimum atomic E-state index is -3.11. The minimum absolute atomic E-state index is 0.0319. The standard InChI is InChI=1S/C17H25NO2S/c1-12(2)13-7-3-5-9-15(13)18-16-11-21(19,20)17-10-6-4-8-14(16)17/h4,6,8,10,12-13,15-16,18H,3,5,7,9,11H2,1-2H3. The summed E-state index contributed by atoms with van der Waals surface area (Å²) in [6, 6.07) is 7.88. The Morgan fingerprint density at radius 1 is 1.14 bits per heavy atom. The summed E-state index contributed by atoms with van der Waals surface area (Å²) >= 11 is 0. The molecule has 3 unspecified atom stereocenters. The van der Waals surface area contributed by atoms with Gasteiger partial charge in [0.05, 0.1) is 10.6 Å². The van der Waals surface area contributed by atoms with Gasteiger partial charge < -0.3 is 5.32 Å². The smallest absolute Gasteiger partial charge is 0.180 e. The normalized spacial score (nSPS) is 31.3. The van der Waals surface area contributed by atoms with Gasteiger partial charge in [-0.2, -0.15) is 0 Å². The Balaban J connectivity index is 1.83. The van der Waals surface area contributed by atoms with Crippen molar-refractivity contribution in [2.45, 2.75) is 56.5 Å². The molecular weight excluding hydrogens is 282 g/mol. The van der Waals surface area contributed by atoms with Crippen LogP contribution >= 0.6 is 0 Å². The molecule has 0 bridgehead atoms. The third-order valence-electron chi connectivity index (χ3n) is 5.11. The van der Waals surface area contributed by atoms with Crippen LogP contribution in [0.4, 0.5) is 0 Å². The molecule has 3 rings (SSSR count). The Hall–Kier alpha value is -0.870. The summed E-state index contributed by atoms with van der Waals surface area (Å²) < 4.78 is 24.6. The van der Waals surface area contributed by atoms with Crippen molar-refractivity contribution < 1.29 is 8.42 Å². The van der Waals surface area contributed by atoms with Crippen molar-refractivity contribution in [3.63, 3.8) is 0 Å². The Bertz CT molecular complexity index is 609. The quantitative estimate of drug-likeness (QED) is 0.932. The molecule has 0 amide bonds. The highest BCUT2D eigenvalue weighted by Crippen LogP contribution is 2.36. The van der Waals surface area contributed by atoms with Gasteiger partial charge in [0.15, 0.2) is 9.84 Å². The molecule has 2 aliphatic rings. The van der Waals surface area contributed by atoms with E-state index >= 15 is 0 Å². The summed E-state index contributed by atoms with van der Waals surface area (Å²) in [7, 11) is -3.11. The molecule has 1 heterocycles. The number of hydrogen-bond acceptors (Lipinski definition) is 3. The summed E-state index contributed by atoms with van der Waals surface area (Å²) in [6.45, 7) is 4.56. The SMILES string of the molecule is CC(C)C1CCCCC1NC1CS(=O)(=O)c2ccccc21. The van der Waals surface area contributed by atoms with Gasteiger partial charge >= 0.3 is 0 Å². The van der Waals surface area contributed by atoms with Crippen LogP contribution in [0.3, 0.4) is 0 Å². The van der Waals surface area contributed by atoms with Crippen molar-refractivity contribution in [2.75, 3.05) is 5.75 Å². The predicted molar refractivity (Wildman–Crippen MR) is 85.0 cm³/mol. The fraction of sp³-hybridized carbons (Fsp3) is 0.647. The fourth-order valence-corrected chi connectivity index (χ4v) is 5.76. The van der Waals surface area contributed by atoms with E-state index in [1.807, 2.05) is 18.2 Å². The molecule has 0 aromatic heterocycles. The Morgan fingerprint density at radius 3 is 2.62 bits per heavy atom. The van der Waals surface area contributed by atoms with E-state index in [1.165, 1.54) is 25.7 Å². The van der Waals surface area contributed by atoms with Crippen molar-refractivity contribution in [3.05, 3.63) is 29.8 Å². The van der Waals surface area contributed by atoms with Gasteiger partial charge in [-0.1, -0.05) is 44.9 Å². The van der Waals surface area contributed by atoms with Gasteiger partial charge in [-0.3, -0.25) is 0 Å². The van der Waals surface area contributed by atoms with Crippen molar-refractivity contribution >= 4 is 9.84 Å². The molecular formula is C17H25NO2S. The van der Waals surface area contributed by atoms with Gasteiger partial charge in [0.2, 0.25) is 0 Å². The molecule has 3 atom stereocenters. The summed E-state index contributed by atoms with van der Waals surface area (Å²) in [6.07, 6.45) is 4.99. The summed E-state index contributed by atoms with van der Waals surface area (Å²) in [5, 5.41) is 3.68. The van der Waals surface area contributed by atoms with E-state index in [-0.39, 0.29) is 11.8 Å². The van der Waals surface area contributed by atoms with Crippen LogP contribution < -0.4 is 5.32 Å². The molecule has 116 valence electrons. The number of rotatable bonds is 3. The van der Waals surface area contributed by atoms with E-state index in [2.05, 4.69) is 19.2 Å². The minimum Gasteiger partial charge on any atom is -0.306 e. The maximum Gasteiger partial charge on any atom is 0.180 e. The first-order chi connectivity index (χ1) is 9.99. The number of hydrogen-bond donors (Lipinski definition) is 1. The molecule has 0 saturated heterocycles. The van der Waals surface area contributed by atoms with Gasteiger partial charge in [0, 0.05) is 12.1 Å². The van der Waals surface area contributed by atoms with Crippen LogP contribution in [0.25, 0.3) is 0 Å². The Morgan fingerprint density at radius 2 is 1.86 bits per heavy atom. The van der Waals surface area contributed by atoms with Gasteiger partial charge in [0.1, 0.15) is 0 Å². The van der Waals surface area contributed by atoms with Crippen molar-refractivity contribution in [1.29, 1.82) is 0 Å². The molecule has 1 aliphatic heterocycles. The van der Waals surface area contributed by atoms with Crippen molar-refractivity contribution in [3.8, 4) is 0 Å². The maximum atomic E-state index is 12.3. The molecule has 1 aliphatic carbocycles. The van der Waals surface area contributed by atoms with Crippen molar-refractivity contribution in [2.24, 2.45) is 11.8 Å². The highest BCUT2D eigenvalue weighted by atomic mass is 32.2. The highest BCUT2D eigenvalue weighted by molar-refractivity contribution is 7.91. The molecule has 0 radical (unpaired) electrons. The lowest BCUT2D eigenvalue weighted by Gasteiger charge is -2.36. The zero-order valence-corrected chi connectivity index (χ0v) is 13.7. The van der Waals surface area contributed by atoms with E-state index in [1.54, 1.807) is 6.07 Å². The lowest BCUT2D eigenvalue weighted by molar-refractivity contribution is 0.195. The van der Waals surface area contributed by atoms with Gasteiger partial charge in [-0.25, -0.2) is 8.42 Å². The first kappa shape index (κ1) is 15.0. The van der Waals surface area contributed by atoms with Crippen LogP contribution in [0.15, 0.2) is 29.2 Å². The average molecular weight is 307 g/mol. The molecule has 21 heavy (non-hydrogen) atoms. The van der Waals surface area contributed by atoms with Crippen LogP contribution in [0, 0.1) is 11.8 Å². The Kier molecular flexibility index (Phi) is 4.10. The van der Waals surface area contributed by atoms with Crippen LogP contribution in [-0.2, 0) is 9.84 Å². The molecule has 0 spiro atoms. The van der Waals surface area contributed by atoms with E-state index in [0.29, 0.717) is 22.8 Å². The molecule has 1 saturated carbocycles. The third-order valence-corrected chi connectivity index (χ3v) is 6.92.